The predicted molar refractivity (Wildman–Crippen MR) is 98.9 cm³/mol. The fourth-order valence-corrected chi connectivity index (χ4v) is 2.36. The summed E-state index contributed by atoms with van der Waals surface area (Å²) in [6.07, 6.45) is 0.251. The van der Waals surface area contributed by atoms with Gasteiger partial charge >= 0.3 is 0 Å². The molecule has 0 saturated carbocycles. The van der Waals surface area contributed by atoms with E-state index in [0.29, 0.717) is 25.3 Å². The number of para-hydroxylation sites is 3. The maximum atomic E-state index is 11.9. The first kappa shape index (κ1) is 18.3. The number of nitrogens with one attached hydrogen (secondary N) is 2. The molecule has 0 heterocycles. The standard InChI is InChI=1S/C18H22N4O3/c1-21(15-7-3-2-4-8-15)14-13-20-18(23)11-12-19-16-9-5-6-10-17(16)22(24)25/h2-10,19H,11-14H2,1H3,(H,20,23). The molecule has 2 N–H and O–H groups in total. The van der Waals surface area contributed by atoms with Crippen LogP contribution in [0.5, 0.6) is 0 Å². The molecule has 0 unspecified atom stereocenters. The van der Waals surface area contributed by atoms with Crippen molar-refractivity contribution in [3.05, 3.63) is 64.7 Å². The maximum Gasteiger partial charge on any atom is 0.292 e. The highest BCUT2D eigenvalue weighted by Crippen LogP contribution is 2.22. The van der Waals surface area contributed by atoms with E-state index in [0.717, 1.165) is 5.69 Å². The number of nitro groups is 1. The van der Waals surface area contributed by atoms with Crippen LogP contribution >= 0.6 is 0 Å². The van der Waals surface area contributed by atoms with Crippen molar-refractivity contribution in [2.24, 2.45) is 0 Å². The van der Waals surface area contributed by atoms with E-state index in [1.165, 1.54) is 6.07 Å². The second kappa shape index (κ2) is 9.27. The zero-order valence-corrected chi connectivity index (χ0v) is 14.1. The Morgan fingerprint density at radius 2 is 1.76 bits per heavy atom. The van der Waals surface area contributed by atoms with Gasteiger partial charge in [0, 0.05) is 44.9 Å². The van der Waals surface area contributed by atoms with Gasteiger partial charge < -0.3 is 15.5 Å². The quantitative estimate of drug-likeness (QED) is 0.540. The third-order valence-electron chi connectivity index (χ3n) is 3.73. The average molecular weight is 342 g/mol. The van der Waals surface area contributed by atoms with Crippen LogP contribution in [0.25, 0.3) is 0 Å². The lowest BCUT2D eigenvalue weighted by atomic mass is 10.2. The zero-order valence-electron chi connectivity index (χ0n) is 14.1. The van der Waals surface area contributed by atoms with Gasteiger partial charge in [-0.05, 0) is 18.2 Å². The van der Waals surface area contributed by atoms with Crippen LogP contribution in [0.1, 0.15) is 6.42 Å². The number of benzene rings is 2. The van der Waals surface area contributed by atoms with E-state index >= 15 is 0 Å². The van der Waals surface area contributed by atoms with Crippen molar-refractivity contribution in [1.82, 2.24) is 5.32 Å². The highest BCUT2D eigenvalue weighted by atomic mass is 16.6. The van der Waals surface area contributed by atoms with E-state index in [9.17, 15) is 14.9 Å². The molecule has 7 heteroatoms. The van der Waals surface area contributed by atoms with Gasteiger partial charge in [0.1, 0.15) is 5.69 Å². The van der Waals surface area contributed by atoms with E-state index in [4.69, 9.17) is 0 Å². The Bertz CT molecular complexity index is 706. The van der Waals surface area contributed by atoms with Crippen molar-refractivity contribution < 1.29 is 9.72 Å². The van der Waals surface area contributed by atoms with Crippen LogP contribution in [0.2, 0.25) is 0 Å². The Balaban J connectivity index is 1.69. The number of nitro benzene ring substituents is 1. The van der Waals surface area contributed by atoms with E-state index in [1.54, 1.807) is 18.2 Å². The monoisotopic (exact) mass is 342 g/mol. The van der Waals surface area contributed by atoms with Gasteiger partial charge in [0.15, 0.2) is 0 Å². The predicted octanol–water partition coefficient (Wildman–Crippen LogP) is 2.65. The number of carbonyl (C=O) groups excluding carboxylic acids is 1. The molecule has 0 saturated heterocycles. The third-order valence-corrected chi connectivity index (χ3v) is 3.73. The minimum absolute atomic E-state index is 0.00685. The molecule has 132 valence electrons. The van der Waals surface area contributed by atoms with Gasteiger partial charge in [-0.1, -0.05) is 30.3 Å². The van der Waals surface area contributed by atoms with Crippen molar-refractivity contribution in [2.45, 2.75) is 6.42 Å². The molecule has 0 aromatic heterocycles. The fraction of sp³-hybridized carbons (Fsp3) is 0.278. The van der Waals surface area contributed by atoms with Crippen LogP contribution in [0, 0.1) is 10.1 Å². The SMILES string of the molecule is CN(CCNC(=O)CCNc1ccccc1[N+](=O)[O-])c1ccccc1. The number of likely N-dealkylation sites (N-methyl/N-ethyl adjacent to an activating group) is 1. The molecule has 0 aliphatic heterocycles. The molecular weight excluding hydrogens is 320 g/mol. The van der Waals surface area contributed by atoms with Gasteiger partial charge in [-0.25, -0.2) is 0 Å². The van der Waals surface area contributed by atoms with Crippen molar-refractivity contribution in [3.8, 4) is 0 Å². The summed E-state index contributed by atoms with van der Waals surface area (Å²) in [5.41, 5.74) is 1.52. The summed E-state index contributed by atoms with van der Waals surface area (Å²) in [5, 5.41) is 16.7. The summed E-state index contributed by atoms with van der Waals surface area (Å²) in [6, 6.07) is 16.3. The fourth-order valence-electron chi connectivity index (χ4n) is 2.36. The molecule has 0 atom stereocenters. The Morgan fingerprint density at radius 1 is 1.08 bits per heavy atom. The number of hydrogen-bond donors (Lipinski definition) is 2. The molecule has 1 amide bonds. The van der Waals surface area contributed by atoms with Crippen LogP contribution in [-0.2, 0) is 4.79 Å². The van der Waals surface area contributed by atoms with Crippen molar-refractivity contribution >= 4 is 23.0 Å². The Kier molecular flexibility index (Phi) is 6.76. The molecule has 0 aliphatic carbocycles. The first-order valence-corrected chi connectivity index (χ1v) is 8.08. The van der Waals surface area contributed by atoms with Crippen LogP contribution < -0.4 is 15.5 Å². The summed E-state index contributed by atoms with van der Waals surface area (Å²) in [4.78, 5) is 24.4. The molecule has 0 radical (unpaired) electrons. The van der Waals surface area contributed by atoms with E-state index in [-0.39, 0.29) is 18.0 Å². The number of hydrogen-bond acceptors (Lipinski definition) is 5. The summed E-state index contributed by atoms with van der Waals surface area (Å²) in [7, 11) is 1.97. The minimum Gasteiger partial charge on any atom is -0.379 e. The lowest BCUT2D eigenvalue weighted by molar-refractivity contribution is -0.384. The molecule has 0 fully saturated rings. The van der Waals surface area contributed by atoms with Crippen molar-refractivity contribution in [2.75, 3.05) is 36.9 Å². The van der Waals surface area contributed by atoms with Gasteiger partial charge in [-0.3, -0.25) is 14.9 Å². The molecular formula is C18H22N4O3. The Hall–Kier alpha value is -3.09. The topological polar surface area (TPSA) is 87.5 Å². The molecule has 2 aromatic carbocycles. The first-order valence-electron chi connectivity index (χ1n) is 8.08. The lowest BCUT2D eigenvalue weighted by Crippen LogP contribution is -2.33. The van der Waals surface area contributed by atoms with E-state index in [1.807, 2.05) is 37.4 Å². The first-order chi connectivity index (χ1) is 12.1. The van der Waals surface area contributed by atoms with Crippen LogP contribution in [0.4, 0.5) is 17.1 Å². The second-order valence-corrected chi connectivity index (χ2v) is 5.56. The average Bonchev–Trinajstić information content (AvgIpc) is 2.62. The highest BCUT2D eigenvalue weighted by Gasteiger charge is 2.12. The summed E-state index contributed by atoms with van der Waals surface area (Å²) in [5.74, 6) is -0.0902. The molecule has 2 rings (SSSR count). The van der Waals surface area contributed by atoms with Gasteiger partial charge in [-0.2, -0.15) is 0 Å². The van der Waals surface area contributed by atoms with Crippen LogP contribution in [0.15, 0.2) is 54.6 Å². The summed E-state index contributed by atoms with van der Waals surface area (Å²) < 4.78 is 0. The Labute approximate surface area is 146 Å². The number of amides is 1. The van der Waals surface area contributed by atoms with E-state index < -0.39 is 4.92 Å². The highest BCUT2D eigenvalue weighted by molar-refractivity contribution is 5.76. The molecule has 2 aromatic rings. The molecule has 0 aliphatic rings. The molecule has 25 heavy (non-hydrogen) atoms. The second-order valence-electron chi connectivity index (χ2n) is 5.56. The van der Waals surface area contributed by atoms with Crippen LogP contribution in [0.3, 0.4) is 0 Å². The molecule has 7 nitrogen and oxygen atoms in total. The number of anilines is 2. The van der Waals surface area contributed by atoms with Crippen molar-refractivity contribution in [3.63, 3.8) is 0 Å². The Morgan fingerprint density at radius 3 is 2.48 bits per heavy atom. The van der Waals surface area contributed by atoms with Gasteiger partial charge in [-0.15, -0.1) is 0 Å². The largest absolute Gasteiger partial charge is 0.379 e. The molecule has 0 spiro atoms. The van der Waals surface area contributed by atoms with Crippen LogP contribution in [-0.4, -0.2) is 37.5 Å². The van der Waals surface area contributed by atoms with Gasteiger partial charge in [0.05, 0.1) is 4.92 Å². The molecule has 0 bridgehead atoms. The maximum absolute atomic E-state index is 11.9. The summed E-state index contributed by atoms with van der Waals surface area (Å²) >= 11 is 0. The van der Waals surface area contributed by atoms with Gasteiger partial charge in [0.2, 0.25) is 5.91 Å². The number of nitrogens with zero attached hydrogens (tertiary/aromatic N) is 2. The number of rotatable bonds is 9. The zero-order chi connectivity index (χ0) is 18.1. The number of carbonyl (C=O) groups is 1. The minimum atomic E-state index is -0.443. The normalized spacial score (nSPS) is 10.1. The van der Waals surface area contributed by atoms with E-state index in [2.05, 4.69) is 15.5 Å². The van der Waals surface area contributed by atoms with Crippen molar-refractivity contribution in [1.29, 1.82) is 0 Å². The summed E-state index contributed by atoms with van der Waals surface area (Å²) in [6.45, 7) is 1.58. The smallest absolute Gasteiger partial charge is 0.292 e. The third kappa shape index (κ3) is 5.80. The lowest BCUT2D eigenvalue weighted by Gasteiger charge is -2.19. The van der Waals surface area contributed by atoms with Gasteiger partial charge in [0.25, 0.3) is 5.69 Å².